The van der Waals surface area contributed by atoms with Crippen LogP contribution in [0.1, 0.15) is 30.5 Å². The van der Waals surface area contributed by atoms with Gasteiger partial charge in [0.15, 0.2) is 6.61 Å². The number of rotatable bonds is 9. The van der Waals surface area contributed by atoms with Gasteiger partial charge in [-0.1, -0.05) is 41.9 Å². The first kappa shape index (κ1) is 22.8. The zero-order valence-corrected chi connectivity index (χ0v) is 18.3. The van der Waals surface area contributed by atoms with Gasteiger partial charge in [0.05, 0.1) is 0 Å². The lowest BCUT2D eigenvalue weighted by atomic mass is 10.1. The van der Waals surface area contributed by atoms with E-state index in [1.165, 1.54) is 0 Å². The Kier molecular flexibility index (Phi) is 8.52. The van der Waals surface area contributed by atoms with Crippen LogP contribution in [0.25, 0.3) is 0 Å². The quantitative estimate of drug-likeness (QED) is 0.673. The van der Waals surface area contributed by atoms with Crippen LogP contribution in [0, 0.1) is 13.8 Å². The summed E-state index contributed by atoms with van der Waals surface area (Å²) in [7, 11) is 0. The maximum atomic E-state index is 12.9. The van der Waals surface area contributed by atoms with E-state index < -0.39 is 6.04 Å². The summed E-state index contributed by atoms with van der Waals surface area (Å²) < 4.78 is 5.73. The Morgan fingerprint density at radius 2 is 1.76 bits per heavy atom. The molecule has 156 valence electrons. The van der Waals surface area contributed by atoms with Crippen molar-refractivity contribution in [1.82, 2.24) is 10.2 Å². The Labute approximate surface area is 178 Å². The van der Waals surface area contributed by atoms with E-state index in [0.717, 1.165) is 16.7 Å². The van der Waals surface area contributed by atoms with Gasteiger partial charge in [0.25, 0.3) is 5.91 Å². The Morgan fingerprint density at radius 3 is 2.34 bits per heavy atom. The number of nitrogens with one attached hydrogen (secondary N) is 1. The topological polar surface area (TPSA) is 58.6 Å². The summed E-state index contributed by atoms with van der Waals surface area (Å²) in [4.78, 5) is 26.8. The van der Waals surface area contributed by atoms with Crippen LogP contribution in [0.2, 0.25) is 5.02 Å². The molecule has 2 aromatic rings. The lowest BCUT2D eigenvalue weighted by molar-refractivity contribution is -0.141. The highest BCUT2D eigenvalue weighted by atomic mass is 35.5. The molecule has 0 saturated carbocycles. The molecule has 0 fully saturated rings. The first-order valence-corrected chi connectivity index (χ1v) is 10.2. The number of ether oxygens (including phenoxy) is 1. The second-order valence-electron chi connectivity index (χ2n) is 7.05. The van der Waals surface area contributed by atoms with E-state index in [9.17, 15) is 9.59 Å². The number of carbonyl (C=O) groups excluding carboxylic acids is 2. The molecule has 6 heteroatoms. The van der Waals surface area contributed by atoms with Gasteiger partial charge in [-0.15, -0.1) is 0 Å². The summed E-state index contributed by atoms with van der Waals surface area (Å²) >= 11 is 6.19. The van der Waals surface area contributed by atoms with Gasteiger partial charge in [-0.05, 0) is 62.9 Å². The summed E-state index contributed by atoms with van der Waals surface area (Å²) in [5.41, 5.74) is 2.90. The minimum atomic E-state index is -0.580. The first-order valence-electron chi connectivity index (χ1n) is 9.84. The molecule has 0 radical (unpaired) electrons. The van der Waals surface area contributed by atoms with Crippen molar-refractivity contribution in [3.8, 4) is 5.75 Å². The summed E-state index contributed by atoms with van der Waals surface area (Å²) in [6.07, 6.45) is 0.662. The van der Waals surface area contributed by atoms with E-state index in [2.05, 4.69) is 5.32 Å². The van der Waals surface area contributed by atoms with Gasteiger partial charge in [0.2, 0.25) is 5.91 Å². The van der Waals surface area contributed by atoms with Gasteiger partial charge in [0, 0.05) is 18.1 Å². The summed E-state index contributed by atoms with van der Waals surface area (Å²) in [5, 5.41) is 3.48. The molecule has 1 atom stereocenters. The average Bonchev–Trinajstić information content (AvgIpc) is 2.71. The fourth-order valence-corrected chi connectivity index (χ4v) is 3.22. The Bertz CT molecular complexity index is 816. The first-order chi connectivity index (χ1) is 13.8. The standard InChI is InChI=1S/C23H29ClN2O3/c1-5-25-23(28)18(4)26(12-11-19-9-7-6-8-10-19)21(27)15-29-20-13-16(2)22(24)17(3)14-20/h6-10,13-14,18H,5,11-12,15H2,1-4H3,(H,25,28)/t18-/m1/s1. The van der Waals surface area contributed by atoms with E-state index in [0.29, 0.717) is 30.3 Å². The molecule has 0 aliphatic heterocycles. The summed E-state index contributed by atoms with van der Waals surface area (Å²) in [6.45, 7) is 8.20. The molecule has 0 spiro atoms. The zero-order chi connectivity index (χ0) is 21.4. The molecular weight excluding hydrogens is 388 g/mol. The monoisotopic (exact) mass is 416 g/mol. The van der Waals surface area contributed by atoms with Crippen LogP contribution < -0.4 is 10.1 Å². The highest BCUT2D eigenvalue weighted by Gasteiger charge is 2.25. The van der Waals surface area contributed by atoms with E-state index >= 15 is 0 Å². The minimum absolute atomic E-state index is 0.140. The molecule has 2 aromatic carbocycles. The fraction of sp³-hybridized carbons (Fsp3) is 0.391. The van der Waals surface area contributed by atoms with Crippen molar-refractivity contribution in [3.63, 3.8) is 0 Å². The lowest BCUT2D eigenvalue weighted by Gasteiger charge is -2.28. The largest absolute Gasteiger partial charge is 0.484 e. The Morgan fingerprint density at radius 1 is 1.14 bits per heavy atom. The molecule has 0 saturated heterocycles. The van der Waals surface area contributed by atoms with Crippen molar-refractivity contribution < 1.29 is 14.3 Å². The number of benzene rings is 2. The average molecular weight is 417 g/mol. The van der Waals surface area contributed by atoms with Crippen LogP contribution >= 0.6 is 11.6 Å². The minimum Gasteiger partial charge on any atom is -0.484 e. The number of amides is 2. The molecule has 0 heterocycles. The highest BCUT2D eigenvalue weighted by molar-refractivity contribution is 6.32. The predicted octanol–water partition coefficient (Wildman–Crippen LogP) is 3.93. The molecule has 0 aliphatic carbocycles. The zero-order valence-electron chi connectivity index (χ0n) is 17.5. The van der Waals surface area contributed by atoms with Crippen LogP contribution in [-0.2, 0) is 16.0 Å². The fourth-order valence-electron chi connectivity index (χ4n) is 3.11. The van der Waals surface area contributed by atoms with Crippen molar-refractivity contribution in [1.29, 1.82) is 0 Å². The van der Waals surface area contributed by atoms with Crippen LogP contribution in [0.5, 0.6) is 5.75 Å². The molecule has 0 aromatic heterocycles. The highest BCUT2D eigenvalue weighted by Crippen LogP contribution is 2.25. The number of halogens is 1. The van der Waals surface area contributed by atoms with Crippen molar-refractivity contribution in [2.45, 2.75) is 40.2 Å². The maximum absolute atomic E-state index is 12.9. The van der Waals surface area contributed by atoms with Crippen molar-refractivity contribution >= 4 is 23.4 Å². The number of hydrogen-bond donors (Lipinski definition) is 1. The van der Waals surface area contributed by atoms with E-state index in [1.54, 1.807) is 11.8 Å². The van der Waals surface area contributed by atoms with E-state index in [-0.39, 0.29) is 18.4 Å². The van der Waals surface area contributed by atoms with Gasteiger partial charge < -0.3 is 15.0 Å². The van der Waals surface area contributed by atoms with Gasteiger partial charge in [0.1, 0.15) is 11.8 Å². The van der Waals surface area contributed by atoms with Crippen LogP contribution in [0.15, 0.2) is 42.5 Å². The molecule has 0 bridgehead atoms. The molecule has 0 aliphatic rings. The van der Waals surface area contributed by atoms with Gasteiger partial charge in [-0.3, -0.25) is 9.59 Å². The number of nitrogens with zero attached hydrogens (tertiary/aromatic N) is 1. The third kappa shape index (κ3) is 6.50. The third-order valence-corrected chi connectivity index (χ3v) is 5.37. The van der Waals surface area contributed by atoms with Crippen molar-refractivity contribution in [3.05, 3.63) is 64.2 Å². The Balaban J connectivity index is 2.09. The van der Waals surface area contributed by atoms with Gasteiger partial charge >= 0.3 is 0 Å². The van der Waals surface area contributed by atoms with Crippen molar-refractivity contribution in [2.75, 3.05) is 19.7 Å². The molecule has 2 amide bonds. The van der Waals surface area contributed by atoms with E-state index in [1.807, 2.05) is 63.2 Å². The number of likely N-dealkylation sites (N-methyl/N-ethyl adjacent to an activating group) is 1. The smallest absolute Gasteiger partial charge is 0.261 e. The number of hydrogen-bond acceptors (Lipinski definition) is 3. The molecule has 2 rings (SSSR count). The van der Waals surface area contributed by atoms with Crippen LogP contribution in [-0.4, -0.2) is 42.5 Å². The molecular formula is C23H29ClN2O3. The molecule has 0 unspecified atom stereocenters. The second-order valence-corrected chi connectivity index (χ2v) is 7.43. The Hall–Kier alpha value is -2.53. The van der Waals surface area contributed by atoms with Crippen molar-refractivity contribution in [2.24, 2.45) is 0 Å². The lowest BCUT2D eigenvalue weighted by Crippen LogP contribution is -2.50. The van der Waals surface area contributed by atoms with Gasteiger partial charge in [-0.25, -0.2) is 0 Å². The number of aryl methyl sites for hydroxylation is 2. The van der Waals surface area contributed by atoms with Crippen LogP contribution in [0.4, 0.5) is 0 Å². The predicted molar refractivity (Wildman–Crippen MR) is 116 cm³/mol. The van der Waals surface area contributed by atoms with Gasteiger partial charge in [-0.2, -0.15) is 0 Å². The number of carbonyl (C=O) groups is 2. The summed E-state index contributed by atoms with van der Waals surface area (Å²) in [5.74, 6) is 0.184. The molecule has 5 nitrogen and oxygen atoms in total. The third-order valence-electron chi connectivity index (χ3n) is 4.77. The molecule has 1 N–H and O–H groups in total. The maximum Gasteiger partial charge on any atom is 0.261 e. The second kappa shape index (κ2) is 10.9. The van der Waals surface area contributed by atoms with E-state index in [4.69, 9.17) is 16.3 Å². The normalized spacial score (nSPS) is 11.6. The summed E-state index contributed by atoms with van der Waals surface area (Å²) in [6, 6.07) is 12.9. The molecule has 29 heavy (non-hydrogen) atoms. The SMILES string of the molecule is CCNC(=O)[C@@H](C)N(CCc1ccccc1)C(=O)COc1cc(C)c(Cl)c(C)c1. The van der Waals surface area contributed by atoms with Crippen LogP contribution in [0.3, 0.4) is 0 Å².